The van der Waals surface area contributed by atoms with Gasteiger partial charge in [0.2, 0.25) is 0 Å². The van der Waals surface area contributed by atoms with Crippen molar-refractivity contribution in [3.63, 3.8) is 0 Å². The predicted octanol–water partition coefficient (Wildman–Crippen LogP) is 0.782. The van der Waals surface area contributed by atoms with Crippen molar-refractivity contribution in [1.82, 2.24) is 9.55 Å². The third-order valence-corrected chi connectivity index (χ3v) is 1.91. The van der Waals surface area contributed by atoms with Gasteiger partial charge in [0.1, 0.15) is 11.2 Å². The van der Waals surface area contributed by atoms with Crippen molar-refractivity contribution >= 4 is 5.97 Å². The maximum Gasteiger partial charge on any atom is 0.316 e. The second-order valence-electron chi connectivity index (χ2n) is 3.29. The number of carboxylic acid groups (broad SMARTS) is 1. The van der Waals surface area contributed by atoms with Crippen LogP contribution in [0.4, 0.5) is 0 Å². The molecule has 0 saturated carbocycles. The molecule has 0 aliphatic carbocycles. The van der Waals surface area contributed by atoms with E-state index in [1.54, 1.807) is 37.9 Å². The average molecular weight is 168 g/mol. The fraction of sp³-hybridized carbons (Fsp3) is 0.500. The minimum atomic E-state index is -0.918. The summed E-state index contributed by atoms with van der Waals surface area (Å²) >= 11 is 0. The molecule has 0 fully saturated rings. The van der Waals surface area contributed by atoms with Crippen LogP contribution in [-0.4, -0.2) is 20.6 Å². The number of imidazole rings is 1. The summed E-state index contributed by atoms with van der Waals surface area (Å²) in [6, 6.07) is 0. The van der Waals surface area contributed by atoms with Crippen LogP contribution in [0.1, 0.15) is 19.7 Å². The van der Waals surface area contributed by atoms with Crippen LogP contribution in [0.2, 0.25) is 0 Å². The van der Waals surface area contributed by atoms with E-state index in [9.17, 15) is 4.79 Å². The number of hydrogen-bond donors (Lipinski definition) is 1. The van der Waals surface area contributed by atoms with E-state index in [2.05, 4.69) is 4.98 Å². The number of carbonyl (C=O) groups is 1. The van der Waals surface area contributed by atoms with E-state index in [-0.39, 0.29) is 0 Å². The molecule has 4 heteroatoms. The van der Waals surface area contributed by atoms with Gasteiger partial charge >= 0.3 is 5.97 Å². The number of aromatic nitrogens is 2. The predicted molar refractivity (Wildman–Crippen MR) is 43.9 cm³/mol. The number of rotatable bonds is 2. The Balaban J connectivity index is 3.13. The fourth-order valence-electron chi connectivity index (χ4n) is 1.06. The summed E-state index contributed by atoms with van der Waals surface area (Å²) < 4.78 is 1.72. The molecule has 0 saturated heterocycles. The van der Waals surface area contributed by atoms with Gasteiger partial charge in [-0.25, -0.2) is 4.98 Å². The topological polar surface area (TPSA) is 55.1 Å². The molecule has 1 aromatic heterocycles. The van der Waals surface area contributed by atoms with Crippen molar-refractivity contribution in [2.45, 2.75) is 19.3 Å². The molecule has 1 aromatic rings. The molecule has 1 heterocycles. The Hall–Kier alpha value is -1.32. The quantitative estimate of drug-likeness (QED) is 0.710. The molecular weight excluding hydrogens is 156 g/mol. The van der Waals surface area contributed by atoms with Gasteiger partial charge in [0.05, 0.1) is 0 Å². The largest absolute Gasteiger partial charge is 0.481 e. The second-order valence-corrected chi connectivity index (χ2v) is 3.29. The Morgan fingerprint density at radius 1 is 1.67 bits per heavy atom. The fourth-order valence-corrected chi connectivity index (χ4v) is 1.06. The standard InChI is InChI=1S/C8H12N2O2/c1-8(2,7(11)12)6-9-4-5-10(6)3/h4-5H,1-3H3,(H,11,12). The van der Waals surface area contributed by atoms with Gasteiger partial charge in [-0.3, -0.25) is 4.79 Å². The molecule has 0 aliphatic rings. The molecule has 0 spiro atoms. The van der Waals surface area contributed by atoms with Crippen molar-refractivity contribution in [2.24, 2.45) is 7.05 Å². The van der Waals surface area contributed by atoms with Crippen LogP contribution >= 0.6 is 0 Å². The molecule has 0 bridgehead atoms. The summed E-state index contributed by atoms with van der Waals surface area (Å²) in [4.78, 5) is 14.8. The maximum atomic E-state index is 10.8. The normalized spacial score (nSPS) is 11.6. The number of aryl methyl sites for hydroxylation is 1. The van der Waals surface area contributed by atoms with Gasteiger partial charge in [-0.1, -0.05) is 0 Å². The third-order valence-electron chi connectivity index (χ3n) is 1.91. The Labute approximate surface area is 70.9 Å². The van der Waals surface area contributed by atoms with Gasteiger partial charge in [0.25, 0.3) is 0 Å². The van der Waals surface area contributed by atoms with Crippen molar-refractivity contribution < 1.29 is 9.90 Å². The summed E-state index contributed by atoms with van der Waals surface area (Å²) in [5.74, 6) is -0.299. The van der Waals surface area contributed by atoms with Gasteiger partial charge in [0.15, 0.2) is 0 Å². The van der Waals surface area contributed by atoms with Crippen LogP contribution < -0.4 is 0 Å². The molecule has 0 atom stereocenters. The second kappa shape index (κ2) is 2.62. The SMILES string of the molecule is Cn1ccnc1C(C)(C)C(=O)O. The van der Waals surface area contributed by atoms with Crippen LogP contribution in [-0.2, 0) is 17.3 Å². The molecule has 0 aliphatic heterocycles. The number of hydrogen-bond acceptors (Lipinski definition) is 2. The van der Waals surface area contributed by atoms with Gasteiger partial charge in [-0.2, -0.15) is 0 Å². The van der Waals surface area contributed by atoms with Gasteiger partial charge in [-0.05, 0) is 13.8 Å². The first kappa shape index (κ1) is 8.77. The highest BCUT2D eigenvalue weighted by Crippen LogP contribution is 2.20. The zero-order chi connectivity index (χ0) is 9.35. The summed E-state index contributed by atoms with van der Waals surface area (Å²) in [7, 11) is 1.78. The number of nitrogens with zero attached hydrogens (tertiary/aromatic N) is 2. The van der Waals surface area contributed by atoms with Gasteiger partial charge in [0, 0.05) is 19.4 Å². The lowest BCUT2D eigenvalue weighted by Crippen LogP contribution is -2.31. The van der Waals surface area contributed by atoms with E-state index in [0.717, 1.165) is 0 Å². The molecule has 12 heavy (non-hydrogen) atoms. The number of aliphatic carboxylic acids is 1. The van der Waals surface area contributed by atoms with Crippen LogP contribution in [0, 0.1) is 0 Å². The van der Waals surface area contributed by atoms with E-state index in [4.69, 9.17) is 5.11 Å². The highest BCUT2D eigenvalue weighted by atomic mass is 16.4. The van der Waals surface area contributed by atoms with Crippen molar-refractivity contribution in [1.29, 1.82) is 0 Å². The monoisotopic (exact) mass is 168 g/mol. The van der Waals surface area contributed by atoms with Crippen LogP contribution in [0.3, 0.4) is 0 Å². The highest BCUT2D eigenvalue weighted by Gasteiger charge is 2.33. The minimum Gasteiger partial charge on any atom is -0.481 e. The molecule has 0 unspecified atom stereocenters. The smallest absolute Gasteiger partial charge is 0.316 e. The first-order valence-electron chi connectivity index (χ1n) is 3.67. The lowest BCUT2D eigenvalue weighted by molar-refractivity contribution is -0.142. The van der Waals surface area contributed by atoms with Crippen molar-refractivity contribution in [3.8, 4) is 0 Å². The lowest BCUT2D eigenvalue weighted by atomic mass is 9.93. The summed E-state index contributed by atoms with van der Waals surface area (Å²) in [6.07, 6.45) is 3.33. The van der Waals surface area contributed by atoms with E-state index in [1.165, 1.54) is 0 Å². The molecular formula is C8H12N2O2. The van der Waals surface area contributed by atoms with Gasteiger partial charge < -0.3 is 9.67 Å². The molecule has 0 aromatic carbocycles. The molecule has 66 valence electrons. The Bertz CT molecular complexity index is 302. The van der Waals surface area contributed by atoms with Crippen LogP contribution in [0.5, 0.6) is 0 Å². The molecule has 4 nitrogen and oxygen atoms in total. The Morgan fingerprint density at radius 2 is 2.25 bits per heavy atom. The van der Waals surface area contributed by atoms with Crippen LogP contribution in [0.15, 0.2) is 12.4 Å². The molecule has 1 rings (SSSR count). The average Bonchev–Trinajstić information content (AvgIpc) is 2.35. The first-order chi connectivity index (χ1) is 5.46. The van der Waals surface area contributed by atoms with Crippen LogP contribution in [0.25, 0.3) is 0 Å². The van der Waals surface area contributed by atoms with E-state index in [1.807, 2.05) is 0 Å². The summed E-state index contributed by atoms with van der Waals surface area (Å²) in [5.41, 5.74) is -0.918. The Kier molecular flexibility index (Phi) is 1.92. The molecule has 1 N–H and O–H groups in total. The maximum absolute atomic E-state index is 10.8. The third kappa shape index (κ3) is 1.20. The molecule has 0 radical (unpaired) electrons. The zero-order valence-corrected chi connectivity index (χ0v) is 7.40. The number of carboxylic acids is 1. The first-order valence-corrected chi connectivity index (χ1v) is 3.67. The summed E-state index contributed by atoms with van der Waals surface area (Å²) in [5, 5.41) is 8.88. The van der Waals surface area contributed by atoms with Crippen molar-refractivity contribution in [3.05, 3.63) is 18.2 Å². The van der Waals surface area contributed by atoms with E-state index in [0.29, 0.717) is 5.82 Å². The van der Waals surface area contributed by atoms with Gasteiger partial charge in [-0.15, -0.1) is 0 Å². The van der Waals surface area contributed by atoms with E-state index < -0.39 is 11.4 Å². The molecule has 0 amide bonds. The highest BCUT2D eigenvalue weighted by molar-refractivity contribution is 5.78. The minimum absolute atomic E-state index is 0.565. The van der Waals surface area contributed by atoms with E-state index >= 15 is 0 Å². The van der Waals surface area contributed by atoms with Crippen molar-refractivity contribution in [2.75, 3.05) is 0 Å². The lowest BCUT2D eigenvalue weighted by Gasteiger charge is -2.18. The zero-order valence-electron chi connectivity index (χ0n) is 7.40. The Morgan fingerprint density at radius 3 is 2.58 bits per heavy atom. The summed E-state index contributed by atoms with van der Waals surface area (Å²) in [6.45, 7) is 3.27.